The smallest absolute Gasteiger partial charge is 0.337 e. The number of aliphatic carboxylic acids is 1. The Balaban J connectivity index is 3.12. The van der Waals surface area contributed by atoms with E-state index in [-0.39, 0.29) is 24.0 Å². The van der Waals surface area contributed by atoms with E-state index in [4.69, 9.17) is 5.11 Å². The van der Waals surface area contributed by atoms with Gasteiger partial charge in [0.1, 0.15) is 0 Å². The topological polar surface area (TPSA) is 89.9 Å². The summed E-state index contributed by atoms with van der Waals surface area (Å²) >= 11 is 0. The van der Waals surface area contributed by atoms with Crippen molar-refractivity contribution in [3.8, 4) is 0 Å². The predicted molar refractivity (Wildman–Crippen MR) is 65.1 cm³/mol. The van der Waals surface area contributed by atoms with Gasteiger partial charge in [0.2, 0.25) is 0 Å². The molecule has 0 heterocycles. The minimum absolute atomic E-state index is 0.0920. The maximum absolute atomic E-state index is 11.5. The van der Waals surface area contributed by atoms with E-state index in [1.54, 1.807) is 0 Å². The number of carboxylic acid groups (broad SMARTS) is 1. The van der Waals surface area contributed by atoms with Gasteiger partial charge in [-0.3, -0.25) is 4.79 Å². The average molecular weight is 266 g/mol. The lowest BCUT2D eigenvalue weighted by Gasteiger charge is -2.07. The summed E-state index contributed by atoms with van der Waals surface area (Å²) < 4.78 is 9.16. The molecular formula is C13H14O6. The number of hydrogen-bond donors (Lipinski definition) is 1. The lowest BCUT2D eigenvalue weighted by Crippen LogP contribution is -2.08. The highest BCUT2D eigenvalue weighted by molar-refractivity contribution is 5.95. The van der Waals surface area contributed by atoms with Crippen LogP contribution < -0.4 is 0 Å². The van der Waals surface area contributed by atoms with Gasteiger partial charge in [0.15, 0.2) is 0 Å². The van der Waals surface area contributed by atoms with Crippen molar-refractivity contribution in [2.75, 3.05) is 14.2 Å². The molecule has 0 aliphatic carbocycles. The van der Waals surface area contributed by atoms with Crippen molar-refractivity contribution in [3.05, 3.63) is 34.9 Å². The quantitative estimate of drug-likeness (QED) is 0.807. The Morgan fingerprint density at radius 2 is 1.47 bits per heavy atom. The Kier molecular flexibility index (Phi) is 5.05. The Hall–Kier alpha value is -2.37. The molecule has 0 radical (unpaired) electrons. The summed E-state index contributed by atoms with van der Waals surface area (Å²) in [6, 6.07) is 4.35. The van der Waals surface area contributed by atoms with Gasteiger partial charge in [-0.1, -0.05) is 0 Å². The van der Waals surface area contributed by atoms with Gasteiger partial charge >= 0.3 is 17.9 Å². The Bertz CT molecular complexity index is 472. The lowest BCUT2D eigenvalue weighted by molar-refractivity contribution is -0.136. The summed E-state index contributed by atoms with van der Waals surface area (Å²) in [5, 5.41) is 8.64. The molecule has 0 aliphatic heterocycles. The standard InChI is InChI=1S/C13H14O6/c1-18-12(16)9-5-8(3-4-11(14)15)6-10(7-9)13(17)19-2/h5-7H,3-4H2,1-2H3,(H,14,15). The number of rotatable bonds is 5. The number of esters is 2. The zero-order chi connectivity index (χ0) is 14.4. The third-order valence-corrected chi connectivity index (χ3v) is 2.46. The molecular weight excluding hydrogens is 252 g/mol. The van der Waals surface area contributed by atoms with Gasteiger partial charge in [-0.05, 0) is 30.2 Å². The van der Waals surface area contributed by atoms with Gasteiger partial charge in [0.25, 0.3) is 0 Å². The Labute approximate surface area is 109 Å². The molecule has 0 saturated carbocycles. The van der Waals surface area contributed by atoms with E-state index in [1.807, 2.05) is 0 Å². The van der Waals surface area contributed by atoms with Crippen LogP contribution in [-0.4, -0.2) is 37.2 Å². The van der Waals surface area contributed by atoms with Crippen molar-refractivity contribution in [2.45, 2.75) is 12.8 Å². The Morgan fingerprint density at radius 1 is 1.00 bits per heavy atom. The molecule has 1 aromatic rings. The highest BCUT2D eigenvalue weighted by atomic mass is 16.5. The van der Waals surface area contributed by atoms with Gasteiger partial charge in [0.05, 0.1) is 25.3 Å². The monoisotopic (exact) mass is 266 g/mol. The zero-order valence-electron chi connectivity index (χ0n) is 10.6. The summed E-state index contributed by atoms with van der Waals surface area (Å²) in [5.41, 5.74) is 0.933. The Morgan fingerprint density at radius 3 is 1.84 bits per heavy atom. The molecule has 1 aromatic carbocycles. The molecule has 0 aromatic heterocycles. The van der Waals surface area contributed by atoms with Crippen LogP contribution in [0.5, 0.6) is 0 Å². The second kappa shape index (κ2) is 6.53. The van der Waals surface area contributed by atoms with Crippen molar-refractivity contribution in [1.29, 1.82) is 0 Å². The minimum Gasteiger partial charge on any atom is -0.481 e. The summed E-state index contributed by atoms with van der Waals surface area (Å²) in [6.07, 6.45) is 0.120. The van der Waals surface area contributed by atoms with Gasteiger partial charge in [-0.15, -0.1) is 0 Å². The van der Waals surface area contributed by atoms with Crippen molar-refractivity contribution in [1.82, 2.24) is 0 Å². The minimum atomic E-state index is -0.955. The molecule has 0 spiro atoms. The van der Waals surface area contributed by atoms with Crippen LogP contribution in [0.1, 0.15) is 32.7 Å². The SMILES string of the molecule is COC(=O)c1cc(CCC(=O)O)cc(C(=O)OC)c1. The van der Waals surface area contributed by atoms with Crippen LogP contribution in [0.2, 0.25) is 0 Å². The number of ether oxygens (including phenoxy) is 2. The number of benzene rings is 1. The third-order valence-electron chi connectivity index (χ3n) is 2.46. The first-order valence-corrected chi connectivity index (χ1v) is 5.50. The third kappa shape index (κ3) is 4.09. The van der Waals surface area contributed by atoms with Crippen LogP contribution in [0.15, 0.2) is 18.2 Å². The number of carbonyl (C=O) groups excluding carboxylic acids is 2. The van der Waals surface area contributed by atoms with Gasteiger partial charge in [-0.25, -0.2) is 9.59 Å². The molecule has 1 N–H and O–H groups in total. The van der Waals surface area contributed by atoms with Crippen molar-refractivity contribution in [2.24, 2.45) is 0 Å². The zero-order valence-corrected chi connectivity index (χ0v) is 10.6. The molecule has 0 aliphatic rings. The van der Waals surface area contributed by atoms with Gasteiger partial charge in [0, 0.05) is 6.42 Å². The van der Waals surface area contributed by atoms with Crippen LogP contribution in [-0.2, 0) is 20.7 Å². The summed E-state index contributed by atoms with van der Waals surface area (Å²) in [7, 11) is 2.45. The average Bonchev–Trinajstić information content (AvgIpc) is 2.42. The molecule has 102 valence electrons. The first-order chi connectivity index (χ1) is 8.97. The van der Waals surface area contributed by atoms with E-state index in [9.17, 15) is 14.4 Å². The van der Waals surface area contributed by atoms with E-state index in [0.717, 1.165) is 0 Å². The fourth-order valence-corrected chi connectivity index (χ4v) is 1.56. The molecule has 1 rings (SSSR count). The largest absolute Gasteiger partial charge is 0.481 e. The van der Waals surface area contributed by atoms with E-state index in [0.29, 0.717) is 5.56 Å². The highest BCUT2D eigenvalue weighted by Crippen LogP contribution is 2.14. The fourth-order valence-electron chi connectivity index (χ4n) is 1.56. The summed E-state index contributed by atoms with van der Waals surface area (Å²) in [6.45, 7) is 0. The maximum Gasteiger partial charge on any atom is 0.337 e. The van der Waals surface area contributed by atoms with Crippen molar-refractivity contribution >= 4 is 17.9 Å². The first-order valence-electron chi connectivity index (χ1n) is 5.50. The first kappa shape index (κ1) is 14.7. The van der Waals surface area contributed by atoms with Gasteiger partial charge in [-0.2, -0.15) is 0 Å². The molecule has 6 nitrogen and oxygen atoms in total. The molecule has 0 bridgehead atoms. The fraction of sp³-hybridized carbons (Fsp3) is 0.308. The predicted octanol–water partition coefficient (Wildman–Crippen LogP) is 1.28. The van der Waals surface area contributed by atoms with Crippen LogP contribution >= 0.6 is 0 Å². The molecule has 0 unspecified atom stereocenters. The van der Waals surface area contributed by atoms with E-state index in [1.165, 1.54) is 32.4 Å². The number of hydrogen-bond acceptors (Lipinski definition) is 5. The molecule has 0 saturated heterocycles. The highest BCUT2D eigenvalue weighted by Gasteiger charge is 2.14. The molecule has 0 atom stereocenters. The second-order valence-corrected chi connectivity index (χ2v) is 3.80. The van der Waals surface area contributed by atoms with Crippen molar-refractivity contribution in [3.63, 3.8) is 0 Å². The number of carbonyl (C=O) groups is 3. The number of methoxy groups -OCH3 is 2. The van der Waals surface area contributed by atoms with Crippen LogP contribution in [0, 0.1) is 0 Å². The summed E-state index contributed by atoms with van der Waals surface area (Å²) in [4.78, 5) is 33.5. The molecule has 0 fully saturated rings. The van der Waals surface area contributed by atoms with E-state index >= 15 is 0 Å². The normalized spacial score (nSPS) is 9.79. The number of aryl methyl sites for hydroxylation is 1. The van der Waals surface area contributed by atoms with E-state index in [2.05, 4.69) is 9.47 Å². The van der Waals surface area contributed by atoms with Gasteiger partial charge < -0.3 is 14.6 Å². The summed E-state index contributed by atoms with van der Waals surface area (Å²) in [5.74, 6) is -2.15. The maximum atomic E-state index is 11.5. The van der Waals surface area contributed by atoms with Crippen molar-refractivity contribution < 1.29 is 29.0 Å². The number of carboxylic acids is 1. The van der Waals surface area contributed by atoms with Crippen LogP contribution in [0.4, 0.5) is 0 Å². The molecule has 0 amide bonds. The van der Waals surface area contributed by atoms with E-state index < -0.39 is 17.9 Å². The second-order valence-electron chi connectivity index (χ2n) is 3.80. The van der Waals surface area contributed by atoms with Crippen LogP contribution in [0.3, 0.4) is 0 Å². The van der Waals surface area contributed by atoms with Crippen LogP contribution in [0.25, 0.3) is 0 Å². The molecule has 6 heteroatoms. The lowest BCUT2D eigenvalue weighted by atomic mass is 10.0. The molecule has 19 heavy (non-hydrogen) atoms.